The first-order chi connectivity index (χ1) is 28.2. The molecule has 0 aliphatic carbocycles. The average molecular weight is 749 g/mol. The lowest BCUT2D eigenvalue weighted by Crippen LogP contribution is -2.33. The highest BCUT2D eigenvalue weighted by molar-refractivity contribution is 7.26. The lowest BCUT2D eigenvalue weighted by atomic mass is 9.99. The molecule has 11 aromatic rings. The van der Waals surface area contributed by atoms with Crippen LogP contribution in [-0.4, -0.2) is 16.2 Å². The molecule has 1 aliphatic heterocycles. The first-order valence-electron chi connectivity index (χ1n) is 19.2. The molecule has 0 radical (unpaired) electrons. The van der Waals surface area contributed by atoms with Crippen LogP contribution in [0.3, 0.4) is 0 Å². The van der Waals surface area contributed by atoms with Crippen LogP contribution in [0, 0.1) is 0 Å². The van der Waals surface area contributed by atoms with Gasteiger partial charge in [0, 0.05) is 52.8 Å². The summed E-state index contributed by atoms with van der Waals surface area (Å²) in [5.74, 6) is 1.46. The maximum atomic E-state index is 6.50. The monoisotopic (exact) mass is 748 g/mol. The number of amidine groups is 2. The van der Waals surface area contributed by atoms with Crippen molar-refractivity contribution in [2.24, 2.45) is 9.98 Å². The van der Waals surface area contributed by atoms with E-state index in [0.29, 0.717) is 5.84 Å². The van der Waals surface area contributed by atoms with Crippen molar-refractivity contribution >= 4 is 86.9 Å². The Labute approximate surface area is 331 Å². The second-order valence-corrected chi connectivity index (χ2v) is 15.6. The molecule has 268 valence electrons. The molecule has 0 bridgehead atoms. The summed E-state index contributed by atoms with van der Waals surface area (Å²) in [5.41, 5.74) is 10.6. The first kappa shape index (κ1) is 32.0. The Balaban J connectivity index is 0.993. The van der Waals surface area contributed by atoms with Gasteiger partial charge in [0.15, 0.2) is 5.84 Å². The predicted molar refractivity (Wildman–Crippen MR) is 238 cm³/mol. The van der Waals surface area contributed by atoms with Crippen molar-refractivity contribution in [3.8, 4) is 16.8 Å². The Morgan fingerprint density at radius 3 is 2.02 bits per heavy atom. The fourth-order valence-electron chi connectivity index (χ4n) is 8.67. The van der Waals surface area contributed by atoms with Crippen LogP contribution in [0.4, 0.5) is 0 Å². The zero-order valence-electron chi connectivity index (χ0n) is 30.6. The highest BCUT2D eigenvalue weighted by Crippen LogP contribution is 2.43. The van der Waals surface area contributed by atoms with Gasteiger partial charge in [-0.15, -0.1) is 11.3 Å². The molecule has 1 unspecified atom stereocenters. The van der Waals surface area contributed by atoms with Crippen molar-refractivity contribution in [2.45, 2.75) is 6.17 Å². The fraction of sp³-hybridized carbons (Fsp3) is 0.0196. The van der Waals surface area contributed by atoms with Gasteiger partial charge < -0.3 is 14.3 Å². The standard InChI is InChI=1S/C51H32N4OS/c1-3-13-31(14-4-1)49-52-50(32-15-5-2-6-16-32)54-51(53-49)38-19-11-23-44-47(38)39-29-33(26-28-43(39)56-44)34-25-27-37-46(30-34)57-45-24-12-22-42(48(37)45)55-40-20-9-7-17-35(40)36-18-8-10-21-41(36)55/h1-30,49H,(H,52,53,54). The highest BCUT2D eigenvalue weighted by atomic mass is 32.1. The smallest absolute Gasteiger partial charge is 0.159 e. The summed E-state index contributed by atoms with van der Waals surface area (Å²) in [6.07, 6.45) is -0.290. The summed E-state index contributed by atoms with van der Waals surface area (Å²) in [7, 11) is 0. The highest BCUT2D eigenvalue weighted by Gasteiger charge is 2.24. The molecule has 0 spiro atoms. The third-order valence-corrected chi connectivity index (χ3v) is 12.4. The largest absolute Gasteiger partial charge is 0.456 e. The Kier molecular flexibility index (Phi) is 7.09. The molecule has 1 aliphatic rings. The van der Waals surface area contributed by atoms with E-state index in [-0.39, 0.29) is 6.17 Å². The van der Waals surface area contributed by atoms with Gasteiger partial charge in [-0.3, -0.25) is 0 Å². The molecule has 1 N–H and O–H groups in total. The third-order valence-electron chi connectivity index (χ3n) is 11.3. The average Bonchev–Trinajstić information content (AvgIpc) is 3.96. The minimum Gasteiger partial charge on any atom is -0.456 e. The number of aromatic nitrogens is 1. The van der Waals surface area contributed by atoms with Crippen molar-refractivity contribution in [3.63, 3.8) is 0 Å². The van der Waals surface area contributed by atoms with Crippen molar-refractivity contribution in [1.29, 1.82) is 0 Å². The number of fused-ring (bicyclic) bond motifs is 9. The molecule has 6 heteroatoms. The van der Waals surface area contributed by atoms with Crippen LogP contribution in [0.2, 0.25) is 0 Å². The van der Waals surface area contributed by atoms with E-state index in [0.717, 1.165) is 55.6 Å². The fourth-order valence-corrected chi connectivity index (χ4v) is 9.83. The van der Waals surface area contributed by atoms with E-state index in [1.165, 1.54) is 47.7 Å². The Bertz CT molecular complexity index is 3390. The van der Waals surface area contributed by atoms with Gasteiger partial charge in [-0.1, -0.05) is 133 Å². The van der Waals surface area contributed by atoms with Crippen LogP contribution in [0.1, 0.15) is 22.9 Å². The lowest BCUT2D eigenvalue weighted by molar-refractivity contribution is 0.668. The van der Waals surface area contributed by atoms with Crippen LogP contribution in [0.25, 0.3) is 80.7 Å². The van der Waals surface area contributed by atoms with Crippen LogP contribution >= 0.6 is 11.3 Å². The van der Waals surface area contributed by atoms with E-state index in [4.69, 9.17) is 14.4 Å². The van der Waals surface area contributed by atoms with E-state index in [1.54, 1.807) is 0 Å². The van der Waals surface area contributed by atoms with E-state index in [2.05, 4.69) is 143 Å². The number of rotatable bonds is 5. The van der Waals surface area contributed by atoms with Gasteiger partial charge in [0.2, 0.25) is 0 Å². The number of nitrogens with zero attached hydrogens (tertiary/aromatic N) is 3. The number of para-hydroxylation sites is 2. The molecular formula is C51H32N4OS. The summed E-state index contributed by atoms with van der Waals surface area (Å²) >= 11 is 1.85. The number of hydrogen-bond acceptors (Lipinski definition) is 5. The number of furan rings is 1. The summed E-state index contributed by atoms with van der Waals surface area (Å²) in [4.78, 5) is 10.2. The van der Waals surface area contributed by atoms with Crippen molar-refractivity contribution in [1.82, 2.24) is 9.88 Å². The normalized spacial score (nSPS) is 14.5. The van der Waals surface area contributed by atoms with E-state index >= 15 is 0 Å². The molecule has 0 amide bonds. The molecule has 5 nitrogen and oxygen atoms in total. The van der Waals surface area contributed by atoms with Gasteiger partial charge in [-0.05, 0) is 65.2 Å². The van der Waals surface area contributed by atoms with Crippen LogP contribution in [0.15, 0.2) is 196 Å². The zero-order chi connectivity index (χ0) is 37.5. The molecule has 3 aromatic heterocycles. The number of thiophene rings is 1. The molecule has 57 heavy (non-hydrogen) atoms. The van der Waals surface area contributed by atoms with Gasteiger partial charge in [0.25, 0.3) is 0 Å². The second-order valence-electron chi connectivity index (χ2n) is 14.6. The van der Waals surface area contributed by atoms with Gasteiger partial charge >= 0.3 is 0 Å². The topological polar surface area (TPSA) is 54.8 Å². The van der Waals surface area contributed by atoms with E-state index in [9.17, 15) is 0 Å². The van der Waals surface area contributed by atoms with Crippen LogP contribution in [-0.2, 0) is 0 Å². The quantitative estimate of drug-likeness (QED) is 0.191. The number of hydrogen-bond donors (Lipinski definition) is 1. The number of aliphatic imine (C=N–C) groups is 2. The number of benzene rings is 8. The van der Waals surface area contributed by atoms with Gasteiger partial charge in [-0.2, -0.15) is 0 Å². The SMILES string of the molecule is c1ccc(C2=NC(c3ccccc3)NC(c3cccc4oc5ccc(-c6ccc7c(c6)sc6cccc(-n8c9ccccc9c9ccccc98)c67)cc5c34)=N2)cc1. The molecule has 0 saturated carbocycles. The molecule has 0 fully saturated rings. The number of nitrogens with one attached hydrogen (secondary N) is 1. The van der Waals surface area contributed by atoms with Crippen molar-refractivity contribution in [2.75, 3.05) is 0 Å². The lowest BCUT2D eigenvalue weighted by Gasteiger charge is -2.24. The minimum atomic E-state index is -0.290. The molecule has 4 heterocycles. The van der Waals surface area contributed by atoms with E-state index < -0.39 is 0 Å². The molecule has 8 aromatic carbocycles. The molecule has 12 rings (SSSR count). The van der Waals surface area contributed by atoms with Gasteiger partial charge in [0.05, 0.1) is 16.7 Å². The maximum absolute atomic E-state index is 6.50. The zero-order valence-corrected chi connectivity index (χ0v) is 31.4. The second kappa shape index (κ2) is 12.6. The Hall–Kier alpha value is -7.28. The maximum Gasteiger partial charge on any atom is 0.159 e. The Morgan fingerprint density at radius 2 is 1.21 bits per heavy atom. The molecular weight excluding hydrogens is 717 g/mol. The van der Waals surface area contributed by atoms with Gasteiger partial charge in [0.1, 0.15) is 23.2 Å². The van der Waals surface area contributed by atoms with Gasteiger partial charge in [-0.25, -0.2) is 9.98 Å². The first-order valence-corrected chi connectivity index (χ1v) is 20.0. The van der Waals surface area contributed by atoms with Crippen LogP contribution < -0.4 is 5.32 Å². The van der Waals surface area contributed by atoms with Crippen LogP contribution in [0.5, 0.6) is 0 Å². The predicted octanol–water partition coefficient (Wildman–Crippen LogP) is 13.2. The summed E-state index contributed by atoms with van der Waals surface area (Å²) < 4.78 is 11.5. The molecule has 0 saturated heterocycles. The summed E-state index contributed by atoms with van der Waals surface area (Å²) in [6, 6.07) is 64.4. The minimum absolute atomic E-state index is 0.290. The van der Waals surface area contributed by atoms with Crippen molar-refractivity contribution < 1.29 is 4.42 Å². The third kappa shape index (κ3) is 5.08. The summed E-state index contributed by atoms with van der Waals surface area (Å²) in [6.45, 7) is 0. The van der Waals surface area contributed by atoms with Crippen molar-refractivity contribution in [3.05, 3.63) is 199 Å². The summed E-state index contributed by atoms with van der Waals surface area (Å²) in [5, 5.41) is 10.8. The molecule has 1 atom stereocenters. The Morgan fingerprint density at radius 1 is 0.509 bits per heavy atom. The van der Waals surface area contributed by atoms with E-state index in [1.807, 2.05) is 59.9 Å².